The first-order chi connectivity index (χ1) is 15.9. The molecule has 2 aromatic rings. The minimum absolute atomic E-state index is 0.266. The highest BCUT2D eigenvalue weighted by atomic mass is 32.2. The van der Waals surface area contributed by atoms with Crippen molar-refractivity contribution in [2.75, 3.05) is 19.6 Å². The first-order valence-corrected chi connectivity index (χ1v) is 13.4. The van der Waals surface area contributed by atoms with Gasteiger partial charge < -0.3 is 5.32 Å². The number of para-hydroxylation sites is 1. The molecule has 2 aliphatic carbocycles. The molecule has 0 heterocycles. The lowest BCUT2D eigenvalue weighted by Gasteiger charge is -2.30. The zero-order valence-corrected chi connectivity index (χ0v) is 19.7. The molecule has 0 amide bonds. The molecule has 0 saturated heterocycles. The molecule has 1 fully saturated rings. The highest BCUT2D eigenvalue weighted by Gasteiger charge is 2.27. The average Bonchev–Trinajstić information content (AvgIpc) is 2.83. The lowest BCUT2D eigenvalue weighted by molar-refractivity contribution is -0.387. The zero-order chi connectivity index (χ0) is 23.3. The van der Waals surface area contributed by atoms with E-state index < -0.39 is 14.9 Å². The van der Waals surface area contributed by atoms with E-state index in [-0.39, 0.29) is 16.5 Å². The summed E-state index contributed by atoms with van der Waals surface area (Å²) < 4.78 is 27.8. The third-order valence-corrected chi connectivity index (χ3v) is 8.67. The van der Waals surface area contributed by atoms with Crippen LogP contribution in [0.5, 0.6) is 0 Å². The lowest BCUT2D eigenvalue weighted by Crippen LogP contribution is -2.35. The molecule has 0 radical (unpaired) electrons. The molecule has 1 atom stereocenters. The number of aryl methyl sites for hydroxylation is 1. The van der Waals surface area contributed by atoms with Gasteiger partial charge in [0.1, 0.15) is 0 Å². The highest BCUT2D eigenvalue weighted by molar-refractivity contribution is 7.89. The van der Waals surface area contributed by atoms with E-state index >= 15 is 0 Å². The van der Waals surface area contributed by atoms with Crippen LogP contribution in [0.3, 0.4) is 0 Å². The van der Waals surface area contributed by atoms with E-state index in [0.29, 0.717) is 18.4 Å². The Bertz CT molecular complexity index is 1060. The van der Waals surface area contributed by atoms with Gasteiger partial charge in [0.05, 0.1) is 4.92 Å². The number of sulfonamides is 1. The molecule has 178 valence electrons. The highest BCUT2D eigenvalue weighted by Crippen LogP contribution is 2.30. The van der Waals surface area contributed by atoms with Gasteiger partial charge in [-0.25, -0.2) is 13.1 Å². The molecule has 0 bridgehead atoms. The van der Waals surface area contributed by atoms with Crippen LogP contribution in [0, 0.1) is 27.9 Å². The van der Waals surface area contributed by atoms with Gasteiger partial charge in [-0.2, -0.15) is 0 Å². The van der Waals surface area contributed by atoms with Gasteiger partial charge in [-0.05, 0) is 93.0 Å². The Labute approximate surface area is 196 Å². The van der Waals surface area contributed by atoms with Gasteiger partial charge in [-0.1, -0.05) is 36.4 Å². The molecule has 7 nitrogen and oxygen atoms in total. The monoisotopic (exact) mass is 471 g/mol. The second-order valence-corrected chi connectivity index (χ2v) is 11.2. The van der Waals surface area contributed by atoms with Crippen LogP contribution >= 0.6 is 0 Å². The predicted molar refractivity (Wildman–Crippen MR) is 129 cm³/mol. The fourth-order valence-corrected chi connectivity index (χ4v) is 6.51. The van der Waals surface area contributed by atoms with Gasteiger partial charge in [0.15, 0.2) is 4.90 Å². The zero-order valence-electron chi connectivity index (χ0n) is 18.9. The first-order valence-electron chi connectivity index (χ1n) is 11.9. The minimum Gasteiger partial charge on any atom is -0.316 e. The molecular formula is C25H33N3O4S. The van der Waals surface area contributed by atoms with Crippen LogP contribution in [0.1, 0.15) is 43.2 Å². The van der Waals surface area contributed by atoms with Crippen LogP contribution in [-0.2, 0) is 22.9 Å². The summed E-state index contributed by atoms with van der Waals surface area (Å²) in [6, 6.07) is 14.3. The normalized spacial score (nSPS) is 23.1. The van der Waals surface area contributed by atoms with E-state index in [1.807, 2.05) is 0 Å². The summed E-state index contributed by atoms with van der Waals surface area (Å²) in [4.78, 5) is 10.2. The predicted octanol–water partition coefficient (Wildman–Crippen LogP) is 4.07. The van der Waals surface area contributed by atoms with E-state index in [1.54, 1.807) is 0 Å². The van der Waals surface area contributed by atoms with Crippen LogP contribution in [0.2, 0.25) is 0 Å². The Kier molecular flexibility index (Phi) is 7.78. The molecule has 1 saturated carbocycles. The summed E-state index contributed by atoms with van der Waals surface area (Å²) in [6.07, 6.45) is 7.70. The minimum atomic E-state index is -3.90. The van der Waals surface area contributed by atoms with Crippen molar-refractivity contribution in [1.29, 1.82) is 0 Å². The first kappa shape index (κ1) is 23.9. The Balaban J connectivity index is 1.17. The van der Waals surface area contributed by atoms with Gasteiger partial charge in [0.25, 0.3) is 5.69 Å². The summed E-state index contributed by atoms with van der Waals surface area (Å²) >= 11 is 0. The maximum absolute atomic E-state index is 12.6. The van der Waals surface area contributed by atoms with Crippen LogP contribution in [0.15, 0.2) is 53.4 Å². The third-order valence-electron chi connectivity index (χ3n) is 7.19. The number of nitro groups is 1. The van der Waals surface area contributed by atoms with E-state index in [1.165, 1.54) is 48.2 Å². The van der Waals surface area contributed by atoms with Crippen molar-refractivity contribution in [2.45, 2.75) is 49.8 Å². The summed E-state index contributed by atoms with van der Waals surface area (Å²) in [5.41, 5.74) is 2.62. The Morgan fingerprint density at radius 1 is 0.818 bits per heavy atom. The molecule has 0 aliphatic heterocycles. The second kappa shape index (κ2) is 10.8. The number of rotatable bonds is 9. The van der Waals surface area contributed by atoms with E-state index in [4.69, 9.17) is 0 Å². The van der Waals surface area contributed by atoms with E-state index in [0.717, 1.165) is 45.2 Å². The standard InChI is InChI=1S/C25H33N3O4S/c29-28(30)24-7-3-4-8-25(24)33(31,32)27-18-20-11-9-19(10-12-20)16-26-17-21-13-14-22-5-1-2-6-23(22)15-21/h1-8,19-21,26-27H,9-18H2/t19?,20?,21-/m0/s1. The smallest absolute Gasteiger partial charge is 0.289 e. The van der Waals surface area contributed by atoms with Gasteiger partial charge >= 0.3 is 0 Å². The summed E-state index contributed by atoms with van der Waals surface area (Å²) in [6.45, 7) is 2.41. The molecule has 4 rings (SSSR count). The van der Waals surface area contributed by atoms with Gasteiger partial charge in [-0.15, -0.1) is 0 Å². The van der Waals surface area contributed by atoms with Crippen LogP contribution in [0.25, 0.3) is 0 Å². The molecule has 0 unspecified atom stereocenters. The SMILES string of the molecule is O=[N+]([O-])c1ccccc1S(=O)(=O)NCC1CCC(CNC[C@H]2CCc3ccccc3C2)CC1. The van der Waals surface area contributed by atoms with Gasteiger partial charge in [0.2, 0.25) is 10.0 Å². The number of nitrogens with one attached hydrogen (secondary N) is 2. The largest absolute Gasteiger partial charge is 0.316 e. The number of benzene rings is 2. The van der Waals surface area contributed by atoms with Gasteiger partial charge in [-0.3, -0.25) is 10.1 Å². The van der Waals surface area contributed by atoms with Crippen LogP contribution < -0.4 is 10.0 Å². The van der Waals surface area contributed by atoms with Crippen molar-refractivity contribution in [3.8, 4) is 0 Å². The van der Waals surface area contributed by atoms with Crippen molar-refractivity contribution >= 4 is 15.7 Å². The van der Waals surface area contributed by atoms with Crippen molar-refractivity contribution in [2.24, 2.45) is 17.8 Å². The average molecular weight is 472 g/mol. The summed E-state index contributed by atoms with van der Waals surface area (Å²) in [7, 11) is -3.90. The maximum atomic E-state index is 12.6. The number of fused-ring (bicyclic) bond motifs is 1. The molecule has 8 heteroatoms. The molecule has 2 aromatic carbocycles. The molecule has 2 N–H and O–H groups in total. The topological polar surface area (TPSA) is 101 Å². The molecule has 2 aliphatic rings. The Morgan fingerprint density at radius 2 is 1.42 bits per heavy atom. The van der Waals surface area contributed by atoms with Crippen LogP contribution in [0.4, 0.5) is 5.69 Å². The number of hydrogen-bond donors (Lipinski definition) is 2. The number of hydrogen-bond acceptors (Lipinski definition) is 5. The van der Waals surface area contributed by atoms with Crippen molar-refractivity contribution in [3.63, 3.8) is 0 Å². The fourth-order valence-electron chi connectivity index (χ4n) is 5.22. The van der Waals surface area contributed by atoms with Gasteiger partial charge in [0, 0.05) is 12.6 Å². The number of nitrogens with zero attached hydrogens (tertiary/aromatic N) is 1. The quantitative estimate of drug-likeness (QED) is 0.424. The second-order valence-electron chi connectivity index (χ2n) is 9.50. The molecule has 0 spiro atoms. The summed E-state index contributed by atoms with van der Waals surface area (Å²) in [5, 5.41) is 14.8. The van der Waals surface area contributed by atoms with Crippen molar-refractivity contribution < 1.29 is 13.3 Å². The number of nitro benzene ring substituents is 1. The molecule has 0 aromatic heterocycles. The van der Waals surface area contributed by atoms with E-state index in [9.17, 15) is 18.5 Å². The van der Waals surface area contributed by atoms with Crippen molar-refractivity contribution in [1.82, 2.24) is 10.0 Å². The lowest BCUT2D eigenvalue weighted by atomic mass is 9.81. The Morgan fingerprint density at radius 3 is 2.15 bits per heavy atom. The molecular weight excluding hydrogens is 438 g/mol. The van der Waals surface area contributed by atoms with E-state index in [2.05, 4.69) is 34.3 Å². The molecule has 33 heavy (non-hydrogen) atoms. The third kappa shape index (κ3) is 6.19. The van der Waals surface area contributed by atoms with Crippen LogP contribution in [-0.4, -0.2) is 33.0 Å². The maximum Gasteiger partial charge on any atom is 0.289 e. The Hall–Kier alpha value is -2.29. The van der Waals surface area contributed by atoms with Crippen molar-refractivity contribution in [3.05, 3.63) is 69.8 Å². The fraction of sp³-hybridized carbons (Fsp3) is 0.520. The summed E-state index contributed by atoms with van der Waals surface area (Å²) in [5.74, 6) is 1.60.